The average Bonchev–Trinajstić information content (AvgIpc) is 2.46. The van der Waals surface area contributed by atoms with E-state index >= 15 is 0 Å². The number of benzene rings is 2. The Morgan fingerprint density at radius 3 is 2.62 bits per heavy atom. The predicted octanol–water partition coefficient (Wildman–Crippen LogP) is 4.37. The summed E-state index contributed by atoms with van der Waals surface area (Å²) in [6.45, 7) is 0.922. The smallest absolute Gasteiger partial charge is 0.127 e. The third-order valence-electron chi connectivity index (χ3n) is 3.46. The lowest BCUT2D eigenvalue weighted by Gasteiger charge is -2.27. The Bertz CT molecular complexity index is 621. The number of hydrogen-bond acceptors (Lipinski definition) is 2. The highest BCUT2D eigenvalue weighted by Gasteiger charge is 2.17. The van der Waals surface area contributed by atoms with Crippen LogP contribution >= 0.6 is 27.5 Å². The van der Waals surface area contributed by atoms with Crippen LogP contribution in [0.5, 0.6) is 0 Å². The number of likely N-dealkylation sites (N-methyl/N-ethyl adjacent to an activating group) is 1. The van der Waals surface area contributed by atoms with Crippen molar-refractivity contribution < 1.29 is 4.39 Å². The average molecular weight is 372 g/mol. The summed E-state index contributed by atoms with van der Waals surface area (Å²) in [4.78, 5) is 2.03. The molecular weight excluding hydrogens is 355 g/mol. The third-order valence-corrected chi connectivity index (χ3v) is 4.69. The lowest BCUT2D eigenvalue weighted by atomic mass is 10.0. The molecule has 0 spiro atoms. The molecule has 1 atom stereocenters. The normalized spacial score (nSPS) is 12.7. The van der Waals surface area contributed by atoms with E-state index in [1.54, 1.807) is 12.1 Å². The first-order valence-electron chi connectivity index (χ1n) is 6.61. The van der Waals surface area contributed by atoms with Gasteiger partial charge in [-0.25, -0.2) is 4.39 Å². The molecule has 0 radical (unpaired) electrons. The summed E-state index contributed by atoms with van der Waals surface area (Å²) >= 11 is 9.51. The van der Waals surface area contributed by atoms with Gasteiger partial charge in [0.1, 0.15) is 5.82 Å². The van der Waals surface area contributed by atoms with Crippen molar-refractivity contribution in [1.82, 2.24) is 4.90 Å². The van der Waals surface area contributed by atoms with Crippen LogP contribution in [0.1, 0.15) is 17.2 Å². The van der Waals surface area contributed by atoms with Gasteiger partial charge in [0, 0.05) is 29.2 Å². The Balaban J connectivity index is 2.20. The molecule has 112 valence electrons. The number of rotatable bonds is 5. The molecular formula is C16H17BrClFN2. The van der Waals surface area contributed by atoms with Crippen molar-refractivity contribution in [2.75, 3.05) is 13.6 Å². The molecule has 0 amide bonds. The van der Waals surface area contributed by atoms with E-state index in [0.29, 0.717) is 23.7 Å². The molecule has 0 saturated heterocycles. The van der Waals surface area contributed by atoms with Crippen molar-refractivity contribution >= 4 is 27.5 Å². The van der Waals surface area contributed by atoms with Crippen molar-refractivity contribution in [1.29, 1.82) is 0 Å². The molecule has 0 aliphatic carbocycles. The maximum absolute atomic E-state index is 13.8. The van der Waals surface area contributed by atoms with E-state index in [-0.39, 0.29) is 11.9 Å². The van der Waals surface area contributed by atoms with Crippen LogP contribution in [0.25, 0.3) is 0 Å². The summed E-state index contributed by atoms with van der Waals surface area (Å²) in [5, 5.41) is 0.644. The van der Waals surface area contributed by atoms with Crippen LogP contribution in [0.2, 0.25) is 5.02 Å². The minimum Gasteiger partial charge on any atom is -0.329 e. The summed E-state index contributed by atoms with van der Waals surface area (Å²) in [7, 11) is 1.93. The van der Waals surface area contributed by atoms with Gasteiger partial charge in [-0.3, -0.25) is 4.90 Å². The molecule has 0 fully saturated rings. The molecule has 2 nitrogen and oxygen atoms in total. The number of halogens is 3. The largest absolute Gasteiger partial charge is 0.329 e. The van der Waals surface area contributed by atoms with Crippen molar-refractivity contribution in [3.63, 3.8) is 0 Å². The lowest BCUT2D eigenvalue weighted by molar-refractivity contribution is 0.238. The summed E-state index contributed by atoms with van der Waals surface area (Å²) in [6, 6.07) is 12.5. The fraction of sp³-hybridized carbons (Fsp3) is 0.250. The molecule has 0 aliphatic rings. The second kappa shape index (κ2) is 7.36. The topological polar surface area (TPSA) is 29.3 Å². The Labute approximate surface area is 137 Å². The minimum absolute atomic E-state index is 0.0183. The van der Waals surface area contributed by atoms with Gasteiger partial charge < -0.3 is 5.73 Å². The Kier molecular flexibility index (Phi) is 5.76. The number of nitrogens with zero attached hydrogens (tertiary/aromatic N) is 1. The standard InChI is InChI=1S/C16H17BrClFN2/c1-21(10-12-4-2-3-5-15(12)19)16(9-20)11-6-7-13(17)14(18)8-11/h2-8,16H,9-10,20H2,1H3. The number of hydrogen-bond donors (Lipinski definition) is 1. The summed E-state index contributed by atoms with van der Waals surface area (Å²) in [5.74, 6) is -0.200. The van der Waals surface area contributed by atoms with Gasteiger partial charge in [0.15, 0.2) is 0 Å². The zero-order chi connectivity index (χ0) is 15.4. The highest BCUT2D eigenvalue weighted by atomic mass is 79.9. The number of nitrogens with two attached hydrogens (primary N) is 1. The SMILES string of the molecule is CN(Cc1ccccc1F)C(CN)c1ccc(Br)c(Cl)c1. The fourth-order valence-electron chi connectivity index (χ4n) is 2.30. The molecule has 2 aromatic rings. The second-order valence-corrected chi connectivity index (χ2v) is 6.19. The maximum Gasteiger partial charge on any atom is 0.127 e. The summed E-state index contributed by atoms with van der Waals surface area (Å²) in [6.07, 6.45) is 0. The molecule has 0 aromatic heterocycles. The Hall–Kier alpha value is -0.940. The van der Waals surface area contributed by atoms with E-state index in [1.807, 2.05) is 36.2 Å². The van der Waals surface area contributed by atoms with E-state index in [1.165, 1.54) is 6.07 Å². The molecule has 5 heteroatoms. The Morgan fingerprint density at radius 2 is 2.00 bits per heavy atom. The summed E-state index contributed by atoms with van der Waals surface area (Å²) < 4.78 is 14.6. The van der Waals surface area contributed by atoms with E-state index in [9.17, 15) is 4.39 Å². The molecule has 1 unspecified atom stereocenters. The molecule has 2 aromatic carbocycles. The predicted molar refractivity (Wildman–Crippen MR) is 88.8 cm³/mol. The lowest BCUT2D eigenvalue weighted by Crippen LogP contribution is -2.30. The van der Waals surface area contributed by atoms with E-state index < -0.39 is 0 Å². The molecule has 2 N–H and O–H groups in total. The zero-order valence-electron chi connectivity index (χ0n) is 11.7. The van der Waals surface area contributed by atoms with Crippen LogP contribution < -0.4 is 5.73 Å². The van der Waals surface area contributed by atoms with Crippen molar-refractivity contribution in [3.8, 4) is 0 Å². The molecule has 0 heterocycles. The van der Waals surface area contributed by atoms with Gasteiger partial charge >= 0.3 is 0 Å². The van der Waals surface area contributed by atoms with Gasteiger partial charge in [-0.15, -0.1) is 0 Å². The van der Waals surface area contributed by atoms with Gasteiger partial charge in [0.2, 0.25) is 0 Å². The van der Waals surface area contributed by atoms with E-state index in [0.717, 1.165) is 10.0 Å². The molecule has 2 rings (SSSR count). The van der Waals surface area contributed by atoms with Crippen molar-refractivity contribution in [3.05, 3.63) is 68.9 Å². The summed E-state index contributed by atoms with van der Waals surface area (Å²) in [5.41, 5.74) is 7.57. The molecule has 0 saturated carbocycles. The van der Waals surface area contributed by atoms with Gasteiger partial charge in [0.05, 0.1) is 5.02 Å². The fourth-order valence-corrected chi connectivity index (χ4v) is 2.73. The van der Waals surface area contributed by atoms with Crippen molar-refractivity contribution in [2.24, 2.45) is 5.73 Å². The molecule has 21 heavy (non-hydrogen) atoms. The van der Waals surface area contributed by atoms with Crippen molar-refractivity contribution in [2.45, 2.75) is 12.6 Å². The zero-order valence-corrected chi connectivity index (χ0v) is 14.0. The van der Waals surface area contributed by atoms with Gasteiger partial charge in [0.25, 0.3) is 0 Å². The first-order chi connectivity index (χ1) is 10.0. The monoisotopic (exact) mass is 370 g/mol. The third kappa shape index (κ3) is 4.04. The van der Waals surface area contributed by atoms with Crippen LogP contribution in [0.15, 0.2) is 46.9 Å². The Morgan fingerprint density at radius 1 is 1.29 bits per heavy atom. The highest BCUT2D eigenvalue weighted by molar-refractivity contribution is 9.10. The van der Waals surface area contributed by atoms with Crippen LogP contribution in [0.4, 0.5) is 4.39 Å². The maximum atomic E-state index is 13.8. The van der Waals surface area contributed by atoms with E-state index in [4.69, 9.17) is 17.3 Å². The van der Waals surface area contributed by atoms with Crippen LogP contribution in [0, 0.1) is 5.82 Å². The quantitative estimate of drug-likeness (QED) is 0.845. The van der Waals surface area contributed by atoms with Gasteiger partial charge in [-0.05, 0) is 46.7 Å². The van der Waals surface area contributed by atoms with E-state index in [2.05, 4.69) is 15.9 Å². The first kappa shape index (κ1) is 16.4. The molecule has 0 bridgehead atoms. The van der Waals surface area contributed by atoms with Gasteiger partial charge in [-0.2, -0.15) is 0 Å². The molecule has 0 aliphatic heterocycles. The highest BCUT2D eigenvalue weighted by Crippen LogP contribution is 2.28. The van der Waals surface area contributed by atoms with Gasteiger partial charge in [-0.1, -0.05) is 35.9 Å². The second-order valence-electron chi connectivity index (χ2n) is 4.93. The van der Waals surface area contributed by atoms with Crippen LogP contribution in [0.3, 0.4) is 0 Å². The van der Waals surface area contributed by atoms with Crippen LogP contribution in [-0.4, -0.2) is 18.5 Å². The minimum atomic E-state index is -0.200. The first-order valence-corrected chi connectivity index (χ1v) is 7.78. The van der Waals surface area contributed by atoms with Crippen LogP contribution in [-0.2, 0) is 6.54 Å².